The number of ether oxygens (including phenoxy) is 3. The predicted molar refractivity (Wildman–Crippen MR) is 89.1 cm³/mol. The highest BCUT2D eigenvalue weighted by Gasteiger charge is 2.10. The van der Waals surface area contributed by atoms with Gasteiger partial charge in [-0.1, -0.05) is 13.3 Å². The molecular formula is C17H35NO4. The van der Waals surface area contributed by atoms with Gasteiger partial charge in [0, 0.05) is 19.6 Å². The summed E-state index contributed by atoms with van der Waals surface area (Å²) >= 11 is 0. The molecule has 0 saturated carbocycles. The van der Waals surface area contributed by atoms with Gasteiger partial charge in [-0.05, 0) is 34.1 Å². The molecule has 0 saturated heterocycles. The maximum atomic E-state index is 11.7. The maximum Gasteiger partial charge on any atom is 0.307 e. The van der Waals surface area contributed by atoms with E-state index >= 15 is 0 Å². The van der Waals surface area contributed by atoms with Crippen molar-refractivity contribution < 1.29 is 19.0 Å². The third kappa shape index (κ3) is 14.3. The van der Waals surface area contributed by atoms with Gasteiger partial charge in [-0.25, -0.2) is 0 Å². The van der Waals surface area contributed by atoms with Crippen LogP contribution in [-0.2, 0) is 19.0 Å². The minimum absolute atomic E-state index is 0.118. The molecule has 0 bridgehead atoms. The normalized spacial score (nSPS) is 11.6. The van der Waals surface area contributed by atoms with E-state index in [1.807, 2.05) is 27.7 Å². The Hall–Kier alpha value is -0.650. The van der Waals surface area contributed by atoms with Crippen molar-refractivity contribution in [3.63, 3.8) is 0 Å². The fourth-order valence-electron chi connectivity index (χ4n) is 1.82. The quantitative estimate of drug-likeness (QED) is 0.364. The topological polar surface area (TPSA) is 48.0 Å². The smallest absolute Gasteiger partial charge is 0.307 e. The Morgan fingerprint density at radius 2 is 1.45 bits per heavy atom. The zero-order valence-electron chi connectivity index (χ0n) is 15.1. The van der Waals surface area contributed by atoms with Crippen LogP contribution in [0.25, 0.3) is 0 Å². The number of carbonyl (C=O) groups excluding carboxylic acids is 1. The number of hydrogen-bond donors (Lipinski definition) is 0. The number of nitrogens with zero attached hydrogens (tertiary/aromatic N) is 1. The lowest BCUT2D eigenvalue weighted by molar-refractivity contribution is -0.144. The van der Waals surface area contributed by atoms with Crippen LogP contribution in [0.2, 0.25) is 0 Å². The number of unbranched alkanes of at least 4 members (excludes halogenated alkanes) is 1. The van der Waals surface area contributed by atoms with Crippen molar-refractivity contribution in [3.05, 3.63) is 0 Å². The van der Waals surface area contributed by atoms with Crippen molar-refractivity contribution >= 4 is 5.97 Å². The van der Waals surface area contributed by atoms with E-state index in [2.05, 4.69) is 11.8 Å². The van der Waals surface area contributed by atoms with Crippen LogP contribution >= 0.6 is 0 Å². The van der Waals surface area contributed by atoms with Crippen LogP contribution in [0.15, 0.2) is 0 Å². The van der Waals surface area contributed by atoms with Gasteiger partial charge < -0.3 is 14.2 Å². The molecule has 0 aromatic heterocycles. The zero-order valence-corrected chi connectivity index (χ0v) is 15.1. The van der Waals surface area contributed by atoms with Gasteiger partial charge in [0.2, 0.25) is 0 Å². The van der Waals surface area contributed by atoms with Gasteiger partial charge in [0.15, 0.2) is 0 Å². The van der Waals surface area contributed by atoms with Crippen molar-refractivity contribution in [3.8, 4) is 0 Å². The molecule has 0 radical (unpaired) electrons. The summed E-state index contributed by atoms with van der Waals surface area (Å²) in [6.07, 6.45) is 2.85. The van der Waals surface area contributed by atoms with Gasteiger partial charge in [-0.3, -0.25) is 9.69 Å². The molecule has 0 aromatic carbocycles. The van der Waals surface area contributed by atoms with Crippen LogP contribution in [0.3, 0.4) is 0 Å². The van der Waals surface area contributed by atoms with Crippen molar-refractivity contribution in [2.24, 2.45) is 0 Å². The average Bonchev–Trinajstić information content (AvgIpc) is 2.43. The van der Waals surface area contributed by atoms with Crippen LogP contribution < -0.4 is 0 Å². The summed E-state index contributed by atoms with van der Waals surface area (Å²) in [5.74, 6) is -0.118. The highest BCUT2D eigenvalue weighted by atomic mass is 16.5. The Morgan fingerprint density at radius 3 is 1.91 bits per heavy atom. The van der Waals surface area contributed by atoms with Crippen LogP contribution in [0.5, 0.6) is 0 Å². The van der Waals surface area contributed by atoms with Crippen LogP contribution in [0, 0.1) is 0 Å². The molecule has 0 amide bonds. The van der Waals surface area contributed by atoms with E-state index in [9.17, 15) is 4.79 Å². The first-order chi connectivity index (χ1) is 10.5. The summed E-state index contributed by atoms with van der Waals surface area (Å²) < 4.78 is 16.4. The minimum atomic E-state index is -0.118. The summed E-state index contributed by atoms with van der Waals surface area (Å²) in [6.45, 7) is 14.4. The Kier molecular flexibility index (Phi) is 13.6. The second-order valence-corrected chi connectivity index (χ2v) is 6.00. The average molecular weight is 317 g/mol. The fraction of sp³-hybridized carbons (Fsp3) is 0.941. The molecule has 132 valence electrons. The second kappa shape index (κ2) is 14.0. The van der Waals surface area contributed by atoms with E-state index in [1.54, 1.807) is 0 Å². The summed E-state index contributed by atoms with van der Waals surface area (Å²) in [4.78, 5) is 13.9. The molecule has 0 atom stereocenters. The summed E-state index contributed by atoms with van der Waals surface area (Å²) in [7, 11) is 0. The molecule has 0 unspecified atom stereocenters. The minimum Gasteiger partial charge on any atom is -0.466 e. The Balaban J connectivity index is 4.00. The lowest BCUT2D eigenvalue weighted by Crippen LogP contribution is -2.34. The highest BCUT2D eigenvalue weighted by molar-refractivity contribution is 5.69. The molecule has 0 rings (SSSR count). The lowest BCUT2D eigenvalue weighted by Gasteiger charge is -2.23. The van der Waals surface area contributed by atoms with E-state index in [-0.39, 0.29) is 18.2 Å². The SMILES string of the molecule is CCCCOC(=O)CCN(CCOC(C)C)CCOC(C)C. The Morgan fingerprint density at radius 1 is 0.909 bits per heavy atom. The van der Waals surface area contributed by atoms with Crippen molar-refractivity contribution in [1.82, 2.24) is 4.90 Å². The largest absolute Gasteiger partial charge is 0.466 e. The van der Waals surface area contributed by atoms with Gasteiger partial charge in [-0.15, -0.1) is 0 Å². The van der Waals surface area contributed by atoms with Gasteiger partial charge >= 0.3 is 5.97 Å². The fourth-order valence-corrected chi connectivity index (χ4v) is 1.82. The van der Waals surface area contributed by atoms with E-state index in [0.29, 0.717) is 32.8 Å². The third-order valence-electron chi connectivity index (χ3n) is 3.11. The number of carbonyl (C=O) groups is 1. The first kappa shape index (κ1) is 21.4. The van der Waals surface area contributed by atoms with Crippen molar-refractivity contribution in [2.45, 2.75) is 66.1 Å². The predicted octanol–water partition coefficient (Wildman–Crippen LogP) is 2.87. The molecule has 0 aliphatic carbocycles. The lowest BCUT2D eigenvalue weighted by atomic mass is 10.3. The molecule has 0 aliphatic heterocycles. The van der Waals surface area contributed by atoms with Gasteiger partial charge in [-0.2, -0.15) is 0 Å². The summed E-state index contributed by atoms with van der Waals surface area (Å²) in [6, 6.07) is 0. The highest BCUT2D eigenvalue weighted by Crippen LogP contribution is 1.99. The van der Waals surface area contributed by atoms with Crippen molar-refractivity contribution in [2.75, 3.05) is 39.5 Å². The van der Waals surface area contributed by atoms with Gasteiger partial charge in [0.25, 0.3) is 0 Å². The van der Waals surface area contributed by atoms with Crippen LogP contribution in [-0.4, -0.2) is 62.5 Å². The van der Waals surface area contributed by atoms with E-state index in [1.165, 1.54) is 0 Å². The molecule has 0 aromatic rings. The van der Waals surface area contributed by atoms with Crippen LogP contribution in [0.1, 0.15) is 53.9 Å². The third-order valence-corrected chi connectivity index (χ3v) is 3.11. The standard InChI is InChI=1S/C17H35NO4/c1-6-7-12-22-17(19)8-9-18(10-13-20-15(2)3)11-14-21-16(4)5/h15-16H,6-14H2,1-5H3. The van der Waals surface area contributed by atoms with Crippen LogP contribution in [0.4, 0.5) is 0 Å². The first-order valence-electron chi connectivity index (χ1n) is 8.56. The molecular weight excluding hydrogens is 282 g/mol. The van der Waals surface area contributed by atoms with Gasteiger partial charge in [0.05, 0.1) is 38.4 Å². The second-order valence-electron chi connectivity index (χ2n) is 6.00. The van der Waals surface area contributed by atoms with Gasteiger partial charge in [0.1, 0.15) is 0 Å². The molecule has 0 heterocycles. The number of hydrogen-bond acceptors (Lipinski definition) is 5. The Labute approximate surface area is 136 Å². The van der Waals surface area contributed by atoms with E-state index < -0.39 is 0 Å². The molecule has 0 aliphatic rings. The zero-order chi connectivity index (χ0) is 16.8. The summed E-state index contributed by atoms with van der Waals surface area (Å²) in [5, 5.41) is 0. The Bertz CT molecular complexity index is 255. The number of rotatable bonds is 14. The molecule has 0 N–H and O–H groups in total. The maximum absolute atomic E-state index is 11.7. The molecule has 0 fully saturated rings. The molecule has 5 heteroatoms. The first-order valence-corrected chi connectivity index (χ1v) is 8.56. The van der Waals surface area contributed by atoms with Crippen molar-refractivity contribution in [1.29, 1.82) is 0 Å². The molecule has 0 spiro atoms. The summed E-state index contributed by atoms with van der Waals surface area (Å²) in [5.41, 5.74) is 0. The molecule has 5 nitrogen and oxygen atoms in total. The van der Waals surface area contributed by atoms with E-state index in [4.69, 9.17) is 14.2 Å². The monoisotopic (exact) mass is 317 g/mol. The number of esters is 1. The van der Waals surface area contributed by atoms with E-state index in [0.717, 1.165) is 25.9 Å². The molecule has 22 heavy (non-hydrogen) atoms.